The zero-order valence-corrected chi connectivity index (χ0v) is 23.8. The van der Waals surface area contributed by atoms with Crippen LogP contribution in [0.25, 0.3) is 49.6 Å². The lowest BCUT2D eigenvalue weighted by Crippen LogP contribution is -2.26. The van der Waals surface area contributed by atoms with Gasteiger partial charge in [-0.2, -0.15) is 5.10 Å². The SMILES string of the molecule is CC1=CC(CN2CCC(F)(F)C2)=CC(c2cnc3n[nH]c(-c4nc5c(-c6ccc(C)s6)cncc5[nH]4)c3c2)=CC1C. The molecule has 1 atom stereocenters. The number of hydrogen-bond acceptors (Lipinski definition) is 6. The molecule has 1 saturated heterocycles. The van der Waals surface area contributed by atoms with E-state index < -0.39 is 5.92 Å². The highest BCUT2D eigenvalue weighted by molar-refractivity contribution is 7.15. The third-order valence-electron chi connectivity index (χ3n) is 7.94. The Bertz CT molecular complexity index is 1890. The van der Waals surface area contributed by atoms with E-state index in [4.69, 9.17) is 4.98 Å². The van der Waals surface area contributed by atoms with Crippen LogP contribution in [0.4, 0.5) is 8.78 Å². The maximum atomic E-state index is 13.9. The predicted octanol–water partition coefficient (Wildman–Crippen LogP) is 7.18. The molecule has 0 bridgehead atoms. The summed E-state index contributed by atoms with van der Waals surface area (Å²) in [6.07, 6.45) is 11.8. The van der Waals surface area contributed by atoms with Gasteiger partial charge in [0.1, 0.15) is 11.2 Å². The van der Waals surface area contributed by atoms with E-state index in [1.807, 2.05) is 17.3 Å². The Balaban J connectivity index is 1.27. The average Bonchev–Trinajstić information content (AvgIpc) is 3.71. The van der Waals surface area contributed by atoms with Crippen LogP contribution in [-0.4, -0.2) is 60.6 Å². The maximum Gasteiger partial charge on any atom is 0.261 e. The molecule has 0 radical (unpaired) electrons. The van der Waals surface area contributed by atoms with E-state index in [-0.39, 0.29) is 18.9 Å². The van der Waals surface area contributed by atoms with Gasteiger partial charge < -0.3 is 4.98 Å². The van der Waals surface area contributed by atoms with Crippen molar-refractivity contribution in [3.05, 3.63) is 76.6 Å². The van der Waals surface area contributed by atoms with Crippen LogP contribution in [0.3, 0.4) is 0 Å². The summed E-state index contributed by atoms with van der Waals surface area (Å²) in [4.78, 5) is 21.7. The lowest BCUT2D eigenvalue weighted by Gasteiger charge is -2.16. The first kappa shape index (κ1) is 25.9. The predicted molar refractivity (Wildman–Crippen MR) is 160 cm³/mol. The van der Waals surface area contributed by atoms with Crippen LogP contribution < -0.4 is 0 Å². The summed E-state index contributed by atoms with van der Waals surface area (Å²) < 4.78 is 27.7. The summed E-state index contributed by atoms with van der Waals surface area (Å²) in [6, 6.07) is 6.28. The Morgan fingerprint density at radius 2 is 2.02 bits per heavy atom. The van der Waals surface area contributed by atoms with E-state index in [1.165, 1.54) is 10.5 Å². The van der Waals surface area contributed by atoms with Crippen molar-refractivity contribution in [2.75, 3.05) is 19.6 Å². The molecule has 2 N–H and O–H groups in total. The van der Waals surface area contributed by atoms with Gasteiger partial charge >= 0.3 is 0 Å². The number of H-pyrrole nitrogens is 2. The van der Waals surface area contributed by atoms with E-state index in [0.29, 0.717) is 24.6 Å². The van der Waals surface area contributed by atoms with E-state index in [1.54, 1.807) is 17.5 Å². The van der Waals surface area contributed by atoms with Crippen molar-refractivity contribution in [2.45, 2.75) is 33.1 Å². The second-order valence-corrected chi connectivity index (χ2v) is 12.4. The molecule has 5 aromatic rings. The van der Waals surface area contributed by atoms with Crippen LogP contribution in [0.15, 0.2) is 66.2 Å². The first-order valence-corrected chi connectivity index (χ1v) is 14.5. The molecule has 0 aromatic carbocycles. The van der Waals surface area contributed by atoms with Crippen molar-refractivity contribution < 1.29 is 8.78 Å². The van der Waals surface area contributed by atoms with Crippen LogP contribution in [0.2, 0.25) is 0 Å². The lowest BCUT2D eigenvalue weighted by atomic mass is 9.98. The monoisotopic (exact) mass is 569 g/mol. The number of pyridine rings is 2. The number of allylic oxidation sites excluding steroid dienone is 4. The number of thiophene rings is 1. The Hall–Kier alpha value is -4.02. The maximum absolute atomic E-state index is 13.9. The quantitative estimate of drug-likeness (QED) is 0.234. The molecule has 0 amide bonds. The number of halogens is 2. The Morgan fingerprint density at radius 1 is 1.15 bits per heavy atom. The summed E-state index contributed by atoms with van der Waals surface area (Å²) in [5.74, 6) is -1.75. The van der Waals surface area contributed by atoms with Crippen molar-refractivity contribution in [3.8, 4) is 22.0 Å². The Morgan fingerprint density at radius 3 is 2.80 bits per heavy atom. The molecule has 208 valence electrons. The molecule has 7 rings (SSSR count). The van der Waals surface area contributed by atoms with Crippen LogP contribution in [0.5, 0.6) is 0 Å². The molecule has 7 nitrogen and oxygen atoms in total. The molecule has 1 aliphatic heterocycles. The minimum Gasteiger partial charge on any atom is -0.335 e. The fourth-order valence-corrected chi connectivity index (χ4v) is 6.51. The number of fused-ring (bicyclic) bond motifs is 2. The van der Waals surface area contributed by atoms with Crippen molar-refractivity contribution >= 4 is 39.0 Å². The standard InChI is InChI=1S/C31H29F2N7S/c1-17-8-20(15-40-7-6-31(32,33)16-40)10-21(9-18(17)2)22-11-23-28(38-39-29(23)35-12-22)30-36-25-14-34-13-24(27(25)37-30)26-5-4-19(3)41-26/h4-5,8-14,18H,6-7,15-16H2,1-3H3,(H,36,37)(H,35,38,39). The van der Waals surface area contributed by atoms with Gasteiger partial charge in [0.05, 0.1) is 23.6 Å². The highest BCUT2D eigenvalue weighted by Gasteiger charge is 2.38. The third kappa shape index (κ3) is 4.91. The molecule has 5 aromatic heterocycles. The number of aromatic amines is 2. The largest absolute Gasteiger partial charge is 0.335 e. The Labute approximate surface area is 239 Å². The fourth-order valence-electron chi connectivity index (χ4n) is 5.63. The van der Waals surface area contributed by atoms with Gasteiger partial charge in [-0.1, -0.05) is 30.7 Å². The average molecular weight is 570 g/mol. The normalized spacial score (nSPS) is 19.4. The number of nitrogens with one attached hydrogen (secondary N) is 2. The summed E-state index contributed by atoms with van der Waals surface area (Å²) in [6.45, 7) is 7.02. The zero-order chi connectivity index (χ0) is 28.3. The number of nitrogens with zero attached hydrogens (tertiary/aromatic N) is 5. The molecule has 41 heavy (non-hydrogen) atoms. The molecular formula is C31H29F2N7S. The van der Waals surface area contributed by atoms with Gasteiger partial charge in [0.25, 0.3) is 5.92 Å². The first-order chi connectivity index (χ1) is 19.7. The number of imidazole rings is 1. The zero-order valence-electron chi connectivity index (χ0n) is 23.0. The highest BCUT2D eigenvalue weighted by Crippen LogP contribution is 2.35. The van der Waals surface area contributed by atoms with E-state index in [2.05, 4.69) is 82.3 Å². The minimum absolute atomic E-state index is 0.0851. The van der Waals surface area contributed by atoms with Crippen LogP contribution in [0, 0.1) is 12.8 Å². The number of likely N-dealkylation sites (tertiary alicyclic amines) is 1. The minimum atomic E-state index is -2.61. The molecular weight excluding hydrogens is 540 g/mol. The van der Waals surface area contributed by atoms with E-state index >= 15 is 0 Å². The lowest BCUT2D eigenvalue weighted by molar-refractivity contribution is 0.0131. The molecule has 0 saturated carbocycles. The van der Waals surface area contributed by atoms with Gasteiger partial charge in [-0.3, -0.25) is 15.0 Å². The van der Waals surface area contributed by atoms with Crippen molar-refractivity contribution in [1.82, 2.24) is 35.0 Å². The highest BCUT2D eigenvalue weighted by atomic mass is 32.1. The molecule has 6 heterocycles. The first-order valence-electron chi connectivity index (χ1n) is 13.7. The van der Waals surface area contributed by atoms with E-state index in [0.717, 1.165) is 49.3 Å². The van der Waals surface area contributed by atoms with E-state index in [9.17, 15) is 8.78 Å². The second kappa shape index (κ2) is 9.81. The number of hydrogen-bond donors (Lipinski definition) is 2. The number of aromatic nitrogens is 6. The molecule has 0 spiro atoms. The summed E-state index contributed by atoms with van der Waals surface area (Å²) >= 11 is 1.71. The topological polar surface area (TPSA) is 86.4 Å². The molecule has 1 unspecified atom stereocenters. The Kier molecular flexibility index (Phi) is 6.20. The van der Waals surface area contributed by atoms with Crippen molar-refractivity contribution in [1.29, 1.82) is 0 Å². The van der Waals surface area contributed by atoms with Crippen LogP contribution >= 0.6 is 11.3 Å². The summed E-state index contributed by atoms with van der Waals surface area (Å²) in [7, 11) is 0. The van der Waals surface area contributed by atoms with Crippen molar-refractivity contribution in [2.24, 2.45) is 5.92 Å². The molecule has 1 aliphatic carbocycles. The number of rotatable bonds is 5. The molecule has 1 fully saturated rings. The molecule has 2 aliphatic rings. The third-order valence-corrected chi connectivity index (χ3v) is 8.97. The summed E-state index contributed by atoms with van der Waals surface area (Å²) in [5.41, 5.74) is 8.19. The van der Waals surface area contributed by atoms with Gasteiger partial charge in [-0.05, 0) is 49.1 Å². The van der Waals surface area contributed by atoms with Gasteiger partial charge in [0.2, 0.25) is 0 Å². The molecule has 10 heteroatoms. The van der Waals surface area contributed by atoms with Crippen LogP contribution in [0.1, 0.15) is 30.7 Å². The van der Waals surface area contributed by atoms with Crippen molar-refractivity contribution in [3.63, 3.8) is 0 Å². The number of alkyl halides is 2. The smallest absolute Gasteiger partial charge is 0.261 e. The van der Waals surface area contributed by atoms with Gasteiger partial charge in [0.15, 0.2) is 11.5 Å². The van der Waals surface area contributed by atoms with Gasteiger partial charge in [-0.25, -0.2) is 18.7 Å². The summed E-state index contributed by atoms with van der Waals surface area (Å²) in [5, 5.41) is 8.42. The van der Waals surface area contributed by atoms with Gasteiger partial charge in [-0.15, -0.1) is 11.3 Å². The fraction of sp³-hybridized carbons (Fsp3) is 0.290. The second-order valence-electron chi connectivity index (χ2n) is 11.1. The van der Waals surface area contributed by atoms with Gasteiger partial charge in [0, 0.05) is 52.8 Å². The van der Waals surface area contributed by atoms with Crippen LogP contribution in [-0.2, 0) is 0 Å². The number of aryl methyl sites for hydroxylation is 1.